The van der Waals surface area contributed by atoms with Gasteiger partial charge in [-0.2, -0.15) is 0 Å². The molecule has 0 aromatic heterocycles. The van der Waals surface area contributed by atoms with Crippen LogP contribution >= 0.6 is 19.8 Å². The van der Waals surface area contributed by atoms with Crippen molar-refractivity contribution in [1.29, 1.82) is 0 Å². The minimum atomic E-state index is -3.92. The van der Waals surface area contributed by atoms with Crippen LogP contribution in [0.2, 0.25) is 0 Å². The summed E-state index contributed by atoms with van der Waals surface area (Å²) in [5.74, 6) is -1.05. The Balaban J connectivity index is 1.22. The van der Waals surface area contributed by atoms with Crippen LogP contribution < -0.4 is 16.0 Å². The zero-order chi connectivity index (χ0) is 41.1. The van der Waals surface area contributed by atoms with Crippen molar-refractivity contribution in [2.75, 3.05) is 28.4 Å². The van der Waals surface area contributed by atoms with E-state index in [2.05, 4.69) is 20.9 Å². The van der Waals surface area contributed by atoms with Crippen LogP contribution in [0.25, 0.3) is 11.1 Å². The Labute approximate surface area is 345 Å². The molecule has 1 aliphatic carbocycles. The molecule has 2 heterocycles. The molecule has 3 aliphatic rings. The van der Waals surface area contributed by atoms with Crippen molar-refractivity contribution in [3.63, 3.8) is 0 Å². The molecule has 3 aromatic carbocycles. The van der Waals surface area contributed by atoms with Crippen LogP contribution in [-0.2, 0) is 30.6 Å². The van der Waals surface area contributed by atoms with E-state index in [1.807, 2.05) is 99.6 Å². The van der Waals surface area contributed by atoms with E-state index >= 15 is 0 Å². The minimum absolute atomic E-state index is 0.0196. The fourth-order valence-corrected chi connectivity index (χ4v) is 16.5. The summed E-state index contributed by atoms with van der Waals surface area (Å²) in [6, 6.07) is 22.5. The van der Waals surface area contributed by atoms with Crippen LogP contribution in [0.15, 0.2) is 78.9 Å². The van der Waals surface area contributed by atoms with E-state index in [4.69, 9.17) is 4.74 Å². The molecule has 6 rings (SSSR count). The Morgan fingerprint density at radius 1 is 0.895 bits per heavy atom. The molecule has 3 amide bonds. The normalized spacial score (nSPS) is 20.9. The van der Waals surface area contributed by atoms with Gasteiger partial charge < -0.3 is 0 Å². The number of sulfone groups is 1. The Kier molecular flexibility index (Phi) is 13.4. The number of amides is 3. The van der Waals surface area contributed by atoms with Crippen LogP contribution in [0, 0.1) is 0 Å². The van der Waals surface area contributed by atoms with Gasteiger partial charge in [-0.25, -0.2) is 0 Å². The van der Waals surface area contributed by atoms with Gasteiger partial charge in [-0.1, -0.05) is 48.5 Å². The third-order valence-corrected chi connectivity index (χ3v) is 21.3. The molecule has 2 fully saturated rings. The van der Waals surface area contributed by atoms with Crippen LogP contribution in [0.5, 0.6) is 0 Å². The van der Waals surface area contributed by atoms with Crippen molar-refractivity contribution in [2.24, 2.45) is 0 Å². The number of fused-ring (bicyclic) bond motifs is 4. The van der Waals surface area contributed by atoms with E-state index in [0.29, 0.717) is 3.92 Å². The van der Waals surface area contributed by atoms with Gasteiger partial charge in [0.05, 0.1) is 0 Å². The Morgan fingerprint density at radius 2 is 1.51 bits per heavy atom. The number of halogens is 1. The van der Waals surface area contributed by atoms with Crippen LogP contribution in [0.4, 0.5) is 4.79 Å². The third kappa shape index (κ3) is 10.2. The zero-order valence-electron chi connectivity index (χ0n) is 34.0. The molecule has 2 aliphatic heterocycles. The molecular weight excluding hydrogens is 855 g/mol. The second-order valence-electron chi connectivity index (χ2n) is 17.3. The molecule has 13 heteroatoms. The molecule has 3 aromatic rings. The number of hydrogen-bond acceptors (Lipinski definition) is 8. The molecule has 0 unspecified atom stereocenters. The molecule has 0 spiro atoms. The Morgan fingerprint density at radius 3 is 2.12 bits per heavy atom. The molecule has 57 heavy (non-hydrogen) atoms. The number of nitrogens with one attached hydrogen (secondary N) is 3. The molecule has 2 saturated heterocycles. The first kappa shape index (κ1) is 43.1. The summed E-state index contributed by atoms with van der Waals surface area (Å²) >= 11 is -1.43. The first-order valence-electron chi connectivity index (χ1n) is 19.9. The molecule has 5 atom stereocenters. The number of aliphatic hydroxyl groups is 1. The second kappa shape index (κ2) is 17.8. The average molecular weight is 915 g/mol. The quantitative estimate of drug-likeness (QED) is 0.0953. The van der Waals surface area contributed by atoms with Crippen molar-refractivity contribution >= 4 is 47.6 Å². The first-order valence-corrected chi connectivity index (χ1v) is 26.1. The maximum absolute atomic E-state index is 14.4. The summed E-state index contributed by atoms with van der Waals surface area (Å²) in [7, 11) is -3.92. The monoisotopic (exact) mass is 914 g/mol. The fourth-order valence-electron chi connectivity index (χ4n) is 8.23. The summed E-state index contributed by atoms with van der Waals surface area (Å²) in [6.07, 6.45) is 3.54. The number of aliphatic hydroxyl groups excluding tert-OH is 1. The Bertz CT molecular complexity index is 1980. The van der Waals surface area contributed by atoms with Gasteiger partial charge in [0, 0.05) is 5.92 Å². The maximum atomic E-state index is 14.4. The van der Waals surface area contributed by atoms with Gasteiger partial charge in [0.2, 0.25) is 0 Å². The van der Waals surface area contributed by atoms with Gasteiger partial charge in [0.15, 0.2) is 0 Å². The van der Waals surface area contributed by atoms with Crippen LogP contribution in [0.3, 0.4) is 0 Å². The zero-order valence-corrected chi connectivity index (χ0v) is 36.9. The predicted molar refractivity (Wildman–Crippen MR) is 233 cm³/mol. The number of hydrogen-bond donors (Lipinski definition) is 4. The molecule has 0 radical (unpaired) electrons. The van der Waals surface area contributed by atoms with Crippen molar-refractivity contribution in [3.05, 3.63) is 95.6 Å². The molecule has 4 N–H and O–H groups in total. The first-order chi connectivity index (χ1) is 26.9. The number of alkyl halides is 3. The van der Waals surface area contributed by atoms with Crippen LogP contribution in [-0.4, -0.2) is 103 Å². The summed E-state index contributed by atoms with van der Waals surface area (Å²) in [6.45, 7) is 8.82. The Hall–Kier alpha value is -3.53. The standard InChI is InChI=1S/C44H59IN4O7S/c1-43(2,3)48-40(51)37-25-30-18-14-15-23-45(30)28-49(37)26-38(50)36(24-29-16-8-7-9-17-29)46-41(52)39(44(4,5)57(6,54)55)47-42(53)56-27-35-33-21-12-10-19-31(33)32-20-11-13-22-34(32)35/h7-13,16-17,19-22,30,35-39,50H,14-15,18,23-28H2,1-6H3,(H,46,52)(H,47,53)(H,48,51)/t30-,36-,37-,38+,39+/m0/s1. The fraction of sp³-hybridized carbons (Fsp3) is 0.523. The number of carbonyl (C=O) groups excluding carboxylic acids is 3. The summed E-state index contributed by atoms with van der Waals surface area (Å²) in [5, 5.41) is 20.8. The van der Waals surface area contributed by atoms with Gasteiger partial charge in [0.1, 0.15) is 0 Å². The summed E-state index contributed by atoms with van der Waals surface area (Å²) in [4.78, 5) is 44.0. The van der Waals surface area contributed by atoms with Crippen molar-refractivity contribution in [1.82, 2.24) is 20.9 Å². The number of nitrogens with zero attached hydrogens (tertiary/aromatic N) is 1. The van der Waals surface area contributed by atoms with Crippen molar-refractivity contribution < 1.29 is 32.6 Å². The SMILES string of the molecule is CC(C)(C)NC(=O)[C@@H]1C[C@@H]2CCCCI2CN1C[C@@H](O)[C@H](Cc1ccccc1)NC(=O)[C@@H](NC(=O)OCC1c2ccccc2-c2ccccc21)C(C)(C)S(C)(=O)=O. The van der Waals surface area contributed by atoms with Gasteiger partial charge in [-0.3, -0.25) is 0 Å². The molecule has 11 nitrogen and oxygen atoms in total. The third-order valence-electron chi connectivity index (χ3n) is 11.6. The van der Waals surface area contributed by atoms with Crippen molar-refractivity contribution in [2.45, 2.75) is 111 Å². The van der Waals surface area contributed by atoms with E-state index in [-0.39, 0.29) is 31.4 Å². The predicted octanol–water partition coefficient (Wildman–Crippen LogP) is 5.81. The molecule has 310 valence electrons. The van der Waals surface area contributed by atoms with E-state index in [9.17, 15) is 27.9 Å². The van der Waals surface area contributed by atoms with Crippen LogP contribution in [0.1, 0.15) is 82.9 Å². The number of benzene rings is 3. The van der Waals surface area contributed by atoms with E-state index in [1.165, 1.54) is 31.1 Å². The molecule has 0 bridgehead atoms. The van der Waals surface area contributed by atoms with Gasteiger partial charge >= 0.3 is 271 Å². The number of ether oxygens (including phenoxy) is 1. The van der Waals surface area contributed by atoms with E-state index in [0.717, 1.165) is 51.5 Å². The summed E-state index contributed by atoms with van der Waals surface area (Å²) in [5.41, 5.74) is 4.59. The number of rotatable bonds is 13. The number of β-amino-alcohol motifs (C(OH)–C–C–N with tert-alkyl or cyclic N) is 1. The second-order valence-corrected chi connectivity index (χ2v) is 26.3. The summed E-state index contributed by atoms with van der Waals surface area (Å²) < 4.78 is 33.1. The average Bonchev–Trinajstić information content (AvgIpc) is 3.48. The van der Waals surface area contributed by atoms with Gasteiger partial charge in [-0.15, -0.1) is 0 Å². The van der Waals surface area contributed by atoms with E-state index < -0.39 is 76.2 Å². The number of alkyl carbamates (subject to hydrolysis) is 1. The number of carbonyl (C=O) groups is 3. The van der Waals surface area contributed by atoms with Gasteiger partial charge in [-0.05, 0) is 22.3 Å². The topological polar surface area (TPSA) is 154 Å². The van der Waals surface area contributed by atoms with Crippen molar-refractivity contribution in [3.8, 4) is 11.1 Å². The van der Waals surface area contributed by atoms with Gasteiger partial charge in [0.25, 0.3) is 0 Å². The molecular formula is C44H59IN4O7S. The van der Waals surface area contributed by atoms with E-state index in [1.54, 1.807) is 0 Å². The molecule has 0 saturated carbocycles.